The van der Waals surface area contributed by atoms with Crippen molar-refractivity contribution in [3.63, 3.8) is 0 Å². The van der Waals surface area contributed by atoms with Crippen LogP contribution in [0.15, 0.2) is 46.9 Å². The van der Waals surface area contributed by atoms with Gasteiger partial charge in [-0.2, -0.15) is 0 Å². The SMILES string of the molecule is CCOc1cc2oc3c(c2cc1/C(C)=C/C(=O)N1CCN(c2cccc(OC)c2)CC1)CCCC3. The molecule has 1 fully saturated rings. The molecule has 6 heteroatoms. The van der Waals surface area contributed by atoms with Crippen molar-refractivity contribution in [1.82, 2.24) is 4.90 Å². The molecule has 0 unspecified atom stereocenters. The number of nitrogens with zero attached hydrogens (tertiary/aromatic N) is 2. The van der Waals surface area contributed by atoms with E-state index in [1.807, 2.05) is 43.0 Å². The largest absolute Gasteiger partial charge is 0.497 e. The molecule has 0 saturated carbocycles. The molecule has 2 aromatic carbocycles. The fourth-order valence-electron chi connectivity index (χ4n) is 5.22. The van der Waals surface area contributed by atoms with Crippen LogP contribution in [0.2, 0.25) is 0 Å². The number of aryl methyl sites for hydroxylation is 2. The lowest BCUT2D eigenvalue weighted by Crippen LogP contribution is -2.48. The minimum Gasteiger partial charge on any atom is -0.497 e. The third-order valence-corrected chi connectivity index (χ3v) is 7.13. The zero-order chi connectivity index (χ0) is 24.4. The highest BCUT2D eigenvalue weighted by molar-refractivity contribution is 5.97. The summed E-state index contributed by atoms with van der Waals surface area (Å²) in [6, 6.07) is 12.2. The first kappa shape index (κ1) is 23.3. The minimum absolute atomic E-state index is 0.0459. The van der Waals surface area contributed by atoms with Gasteiger partial charge in [-0.05, 0) is 56.9 Å². The van der Waals surface area contributed by atoms with E-state index >= 15 is 0 Å². The van der Waals surface area contributed by atoms with Crippen LogP contribution >= 0.6 is 0 Å². The van der Waals surface area contributed by atoms with Crippen LogP contribution in [0.25, 0.3) is 16.5 Å². The topological polar surface area (TPSA) is 55.2 Å². The fraction of sp³-hybridized carbons (Fsp3) is 0.414. The number of amides is 1. The molecule has 2 heterocycles. The maximum absolute atomic E-state index is 13.2. The first-order valence-electron chi connectivity index (χ1n) is 12.6. The minimum atomic E-state index is 0.0459. The third-order valence-electron chi connectivity index (χ3n) is 7.13. The number of carbonyl (C=O) groups is 1. The summed E-state index contributed by atoms with van der Waals surface area (Å²) in [5.41, 5.74) is 5.22. The summed E-state index contributed by atoms with van der Waals surface area (Å²) in [5, 5.41) is 1.16. The number of hydrogen-bond donors (Lipinski definition) is 0. The molecular weight excluding hydrogens is 440 g/mol. The summed E-state index contributed by atoms with van der Waals surface area (Å²) < 4.78 is 17.5. The Kier molecular flexibility index (Phi) is 6.71. The van der Waals surface area contributed by atoms with Crippen LogP contribution < -0.4 is 14.4 Å². The summed E-state index contributed by atoms with van der Waals surface area (Å²) >= 11 is 0. The molecule has 0 radical (unpaired) electrons. The molecule has 0 N–H and O–H groups in total. The molecule has 1 saturated heterocycles. The lowest BCUT2D eigenvalue weighted by molar-refractivity contribution is -0.126. The Morgan fingerprint density at radius 1 is 1.09 bits per heavy atom. The predicted molar refractivity (Wildman–Crippen MR) is 139 cm³/mol. The van der Waals surface area contributed by atoms with Gasteiger partial charge in [-0.25, -0.2) is 0 Å². The van der Waals surface area contributed by atoms with Gasteiger partial charge in [0.05, 0.1) is 13.7 Å². The van der Waals surface area contributed by atoms with Gasteiger partial charge in [-0.1, -0.05) is 6.07 Å². The Bertz CT molecular complexity index is 1250. The van der Waals surface area contributed by atoms with E-state index in [9.17, 15) is 4.79 Å². The van der Waals surface area contributed by atoms with Crippen LogP contribution in [-0.2, 0) is 17.6 Å². The zero-order valence-corrected chi connectivity index (χ0v) is 20.9. The number of benzene rings is 2. The van der Waals surface area contributed by atoms with Crippen molar-refractivity contribution >= 4 is 28.1 Å². The Labute approximate surface area is 207 Å². The number of methoxy groups -OCH3 is 1. The van der Waals surface area contributed by atoms with Crippen molar-refractivity contribution in [3.05, 3.63) is 59.4 Å². The van der Waals surface area contributed by atoms with Crippen LogP contribution in [0.5, 0.6) is 11.5 Å². The van der Waals surface area contributed by atoms with E-state index in [-0.39, 0.29) is 5.91 Å². The lowest BCUT2D eigenvalue weighted by atomic mass is 9.94. The molecule has 1 aliphatic heterocycles. The predicted octanol–water partition coefficient (Wildman–Crippen LogP) is 5.47. The van der Waals surface area contributed by atoms with Gasteiger partial charge in [-0.15, -0.1) is 0 Å². The van der Waals surface area contributed by atoms with Gasteiger partial charge in [0.25, 0.3) is 0 Å². The van der Waals surface area contributed by atoms with Gasteiger partial charge >= 0.3 is 0 Å². The van der Waals surface area contributed by atoms with Crippen LogP contribution in [0, 0.1) is 0 Å². The van der Waals surface area contributed by atoms with Gasteiger partial charge in [0, 0.05) is 73.0 Å². The van der Waals surface area contributed by atoms with Gasteiger partial charge in [0.15, 0.2) is 0 Å². The average molecular weight is 475 g/mol. The molecule has 6 nitrogen and oxygen atoms in total. The van der Waals surface area contributed by atoms with Crippen LogP contribution in [-0.4, -0.2) is 50.7 Å². The van der Waals surface area contributed by atoms with E-state index in [2.05, 4.69) is 17.0 Å². The Hall–Kier alpha value is -3.41. The van der Waals surface area contributed by atoms with E-state index in [4.69, 9.17) is 13.9 Å². The maximum atomic E-state index is 13.2. The lowest BCUT2D eigenvalue weighted by Gasteiger charge is -2.35. The summed E-state index contributed by atoms with van der Waals surface area (Å²) in [4.78, 5) is 17.4. The zero-order valence-electron chi connectivity index (χ0n) is 20.9. The number of ether oxygens (including phenoxy) is 2. The van der Waals surface area contributed by atoms with Gasteiger partial charge in [-0.3, -0.25) is 4.79 Å². The summed E-state index contributed by atoms with van der Waals surface area (Å²) in [6.45, 7) is 7.51. The number of furan rings is 1. The molecular formula is C29H34N2O4. The molecule has 0 atom stereocenters. The number of allylic oxidation sites excluding steroid dienone is 1. The van der Waals surface area contributed by atoms with Crippen molar-refractivity contribution in [1.29, 1.82) is 0 Å². The molecule has 0 spiro atoms. The van der Waals surface area contributed by atoms with Crippen molar-refractivity contribution in [2.24, 2.45) is 0 Å². The molecule has 1 amide bonds. The van der Waals surface area contributed by atoms with E-state index in [0.29, 0.717) is 19.7 Å². The Morgan fingerprint density at radius 2 is 1.89 bits per heavy atom. The van der Waals surface area contributed by atoms with Gasteiger partial charge < -0.3 is 23.7 Å². The highest BCUT2D eigenvalue weighted by Gasteiger charge is 2.23. The number of hydrogen-bond acceptors (Lipinski definition) is 5. The first-order chi connectivity index (χ1) is 17.1. The smallest absolute Gasteiger partial charge is 0.246 e. The van der Waals surface area contributed by atoms with Crippen molar-refractivity contribution in [3.8, 4) is 11.5 Å². The van der Waals surface area contributed by atoms with Gasteiger partial charge in [0.1, 0.15) is 22.8 Å². The standard InChI is InChI=1S/C29H34N2O4/c1-4-34-27-19-28-25(23-10-5-6-11-26(23)35-28)18-24(27)20(2)16-29(32)31-14-12-30(13-15-31)21-8-7-9-22(17-21)33-3/h7-9,16-19H,4-6,10-15H2,1-3H3/b20-16+. The quantitative estimate of drug-likeness (QED) is 0.444. The molecule has 2 aliphatic rings. The van der Waals surface area contributed by atoms with E-state index in [0.717, 1.165) is 71.0 Å². The second kappa shape index (κ2) is 10.1. The van der Waals surface area contributed by atoms with Gasteiger partial charge in [0.2, 0.25) is 5.91 Å². The highest BCUT2D eigenvalue weighted by atomic mass is 16.5. The number of rotatable bonds is 6. The first-order valence-corrected chi connectivity index (χ1v) is 12.6. The highest BCUT2D eigenvalue weighted by Crippen LogP contribution is 2.38. The average Bonchev–Trinajstić information content (AvgIpc) is 3.26. The molecule has 1 aromatic heterocycles. The van der Waals surface area contributed by atoms with Crippen molar-refractivity contribution in [2.75, 3.05) is 44.8 Å². The van der Waals surface area contributed by atoms with Crippen LogP contribution in [0.3, 0.4) is 0 Å². The van der Waals surface area contributed by atoms with E-state index in [1.54, 1.807) is 13.2 Å². The second-order valence-electron chi connectivity index (χ2n) is 9.33. The van der Waals surface area contributed by atoms with Crippen LogP contribution in [0.1, 0.15) is 43.6 Å². The second-order valence-corrected chi connectivity index (χ2v) is 9.33. The van der Waals surface area contributed by atoms with Crippen molar-refractivity contribution < 1.29 is 18.7 Å². The number of piperazine rings is 1. The molecule has 3 aromatic rings. The fourth-order valence-corrected chi connectivity index (χ4v) is 5.22. The molecule has 5 rings (SSSR count). The normalized spacial score (nSPS) is 16.4. The molecule has 35 heavy (non-hydrogen) atoms. The van der Waals surface area contributed by atoms with Crippen LogP contribution in [0.4, 0.5) is 5.69 Å². The monoisotopic (exact) mass is 474 g/mol. The third kappa shape index (κ3) is 4.75. The van der Waals surface area contributed by atoms with E-state index in [1.165, 1.54) is 18.4 Å². The Morgan fingerprint density at radius 3 is 2.66 bits per heavy atom. The van der Waals surface area contributed by atoms with E-state index < -0.39 is 0 Å². The summed E-state index contributed by atoms with van der Waals surface area (Å²) in [7, 11) is 1.68. The van der Waals surface area contributed by atoms with Crippen molar-refractivity contribution in [2.45, 2.75) is 39.5 Å². The molecule has 184 valence electrons. The summed E-state index contributed by atoms with van der Waals surface area (Å²) in [6.07, 6.45) is 6.18. The molecule has 1 aliphatic carbocycles. The number of carbonyl (C=O) groups excluding carboxylic acids is 1. The summed E-state index contributed by atoms with van der Waals surface area (Å²) in [5.74, 6) is 2.78. The number of anilines is 1. The maximum Gasteiger partial charge on any atom is 0.246 e. The number of fused-ring (bicyclic) bond motifs is 3. The molecule has 0 bridgehead atoms. The Balaban J connectivity index is 1.34.